The van der Waals surface area contributed by atoms with E-state index < -0.39 is 11.6 Å². The molecule has 5 aromatic rings. The maximum Gasteiger partial charge on any atom is 0.260 e. The number of imidazole rings is 1. The van der Waals surface area contributed by atoms with Crippen molar-refractivity contribution in [2.45, 2.75) is 13.5 Å². The Bertz CT molecular complexity index is 1490. The number of aromatic nitrogens is 4. The molecule has 5 nitrogen and oxygen atoms in total. The van der Waals surface area contributed by atoms with Crippen LogP contribution in [0, 0.1) is 18.6 Å². The highest BCUT2D eigenvalue weighted by Gasteiger charge is 2.15. The minimum absolute atomic E-state index is 0.0703. The van der Waals surface area contributed by atoms with Crippen LogP contribution in [0.15, 0.2) is 72.2 Å². The molecular weight excluding hydrogens is 386 g/mol. The molecule has 0 N–H and O–H groups in total. The molecule has 0 saturated carbocycles. The molecule has 0 bridgehead atoms. The lowest BCUT2D eigenvalue weighted by atomic mass is 10.0. The summed E-state index contributed by atoms with van der Waals surface area (Å²) in [6.45, 7) is 2.28. The van der Waals surface area contributed by atoms with Gasteiger partial charge in [0.2, 0.25) is 0 Å². The van der Waals surface area contributed by atoms with Crippen LogP contribution >= 0.6 is 0 Å². The van der Waals surface area contributed by atoms with E-state index in [1.165, 1.54) is 29.1 Å². The third-order valence-electron chi connectivity index (χ3n) is 5.12. The van der Waals surface area contributed by atoms with Gasteiger partial charge >= 0.3 is 0 Å². The Morgan fingerprint density at radius 1 is 0.967 bits per heavy atom. The topological polar surface area (TPSA) is 52.2 Å². The van der Waals surface area contributed by atoms with E-state index in [2.05, 4.69) is 9.97 Å². The number of aryl methyl sites for hydroxylation is 1. The van der Waals surface area contributed by atoms with Gasteiger partial charge in [-0.2, -0.15) is 0 Å². The van der Waals surface area contributed by atoms with Crippen LogP contribution in [-0.4, -0.2) is 18.9 Å². The Balaban J connectivity index is 1.60. The summed E-state index contributed by atoms with van der Waals surface area (Å²) in [5.74, 6) is -1.91. The first kappa shape index (κ1) is 18.2. The summed E-state index contributed by atoms with van der Waals surface area (Å²) in [5, 5.41) is 0.847. The Morgan fingerprint density at radius 3 is 2.70 bits per heavy atom. The minimum Gasteiger partial charge on any atom is -0.309 e. The Hall–Kier alpha value is -3.87. The second kappa shape index (κ2) is 6.88. The van der Waals surface area contributed by atoms with Gasteiger partial charge in [0.1, 0.15) is 5.65 Å². The van der Waals surface area contributed by atoms with Crippen molar-refractivity contribution in [1.82, 2.24) is 18.9 Å². The molecule has 0 atom stereocenters. The van der Waals surface area contributed by atoms with Crippen molar-refractivity contribution in [1.29, 1.82) is 0 Å². The van der Waals surface area contributed by atoms with Gasteiger partial charge in [-0.05, 0) is 36.1 Å². The van der Waals surface area contributed by atoms with Gasteiger partial charge < -0.3 is 8.97 Å². The van der Waals surface area contributed by atoms with Gasteiger partial charge in [-0.3, -0.25) is 9.78 Å². The fourth-order valence-electron chi connectivity index (χ4n) is 3.66. The van der Waals surface area contributed by atoms with Gasteiger partial charge in [0.25, 0.3) is 5.56 Å². The van der Waals surface area contributed by atoms with Crippen molar-refractivity contribution in [2.75, 3.05) is 0 Å². The van der Waals surface area contributed by atoms with Gasteiger partial charge in [0.15, 0.2) is 11.6 Å². The number of halogens is 2. The van der Waals surface area contributed by atoms with Crippen molar-refractivity contribution in [3.8, 4) is 11.1 Å². The van der Waals surface area contributed by atoms with Crippen molar-refractivity contribution < 1.29 is 8.78 Å². The normalized spacial score (nSPS) is 11.4. The fraction of sp³-hybridized carbons (Fsp3) is 0.0870. The summed E-state index contributed by atoms with van der Waals surface area (Å²) in [7, 11) is 0. The molecule has 148 valence electrons. The predicted octanol–water partition coefficient (Wildman–Crippen LogP) is 4.35. The molecule has 5 rings (SSSR count). The van der Waals surface area contributed by atoms with Gasteiger partial charge in [-0.1, -0.05) is 18.2 Å². The van der Waals surface area contributed by atoms with E-state index in [0.717, 1.165) is 23.0 Å². The molecule has 1 aromatic carbocycles. The molecule has 4 aromatic heterocycles. The SMILES string of the molecule is Cc1ccc2nc(Cn3ccc4c(-c5cccc(F)c5F)cncc4c3=O)cn2c1. The lowest BCUT2D eigenvalue weighted by Gasteiger charge is -2.10. The van der Waals surface area contributed by atoms with Crippen LogP contribution < -0.4 is 5.56 Å². The molecule has 0 aliphatic rings. The fourth-order valence-corrected chi connectivity index (χ4v) is 3.66. The maximum absolute atomic E-state index is 14.3. The number of nitrogens with zero attached hydrogens (tertiary/aromatic N) is 4. The van der Waals surface area contributed by atoms with E-state index in [-0.39, 0.29) is 17.7 Å². The van der Waals surface area contributed by atoms with Crippen LogP contribution in [0.5, 0.6) is 0 Å². The molecule has 30 heavy (non-hydrogen) atoms. The van der Waals surface area contributed by atoms with Crippen LogP contribution in [0.4, 0.5) is 8.78 Å². The van der Waals surface area contributed by atoms with E-state index in [0.29, 0.717) is 16.3 Å². The number of rotatable bonds is 3. The molecule has 0 aliphatic carbocycles. The molecule has 0 fully saturated rings. The van der Waals surface area contributed by atoms with Crippen molar-refractivity contribution in [2.24, 2.45) is 0 Å². The van der Waals surface area contributed by atoms with Gasteiger partial charge in [0, 0.05) is 42.1 Å². The predicted molar refractivity (Wildman–Crippen MR) is 110 cm³/mol. The Morgan fingerprint density at radius 2 is 1.83 bits per heavy atom. The molecule has 0 amide bonds. The average Bonchev–Trinajstić information content (AvgIpc) is 3.13. The molecule has 0 aliphatic heterocycles. The zero-order valence-corrected chi connectivity index (χ0v) is 16.0. The summed E-state index contributed by atoms with van der Waals surface area (Å²) in [4.78, 5) is 21.7. The third-order valence-corrected chi connectivity index (χ3v) is 5.12. The van der Waals surface area contributed by atoms with E-state index >= 15 is 0 Å². The summed E-state index contributed by atoms with van der Waals surface area (Å²) in [5.41, 5.74) is 2.82. The van der Waals surface area contributed by atoms with E-state index in [9.17, 15) is 13.6 Å². The molecule has 0 radical (unpaired) electrons. The highest BCUT2D eigenvalue weighted by Crippen LogP contribution is 2.29. The highest BCUT2D eigenvalue weighted by atomic mass is 19.2. The summed E-state index contributed by atoms with van der Waals surface area (Å²) in [6, 6.07) is 9.58. The van der Waals surface area contributed by atoms with Crippen molar-refractivity contribution in [3.05, 3.63) is 101 Å². The molecule has 0 saturated heterocycles. The van der Waals surface area contributed by atoms with Gasteiger partial charge in [0.05, 0.1) is 17.6 Å². The van der Waals surface area contributed by atoms with Crippen LogP contribution in [0.2, 0.25) is 0 Å². The van der Waals surface area contributed by atoms with Crippen LogP contribution in [-0.2, 0) is 6.54 Å². The second-order valence-electron chi connectivity index (χ2n) is 7.20. The third kappa shape index (κ3) is 2.95. The van der Waals surface area contributed by atoms with Crippen LogP contribution in [0.1, 0.15) is 11.3 Å². The highest BCUT2D eigenvalue weighted by molar-refractivity contribution is 5.95. The summed E-state index contributed by atoms with van der Waals surface area (Å²) < 4.78 is 31.5. The number of hydrogen-bond donors (Lipinski definition) is 0. The first-order valence-electron chi connectivity index (χ1n) is 9.37. The molecule has 7 heteroatoms. The van der Waals surface area contributed by atoms with Crippen molar-refractivity contribution in [3.63, 3.8) is 0 Å². The maximum atomic E-state index is 14.3. The molecule has 0 spiro atoms. The monoisotopic (exact) mass is 402 g/mol. The lowest BCUT2D eigenvalue weighted by molar-refractivity contribution is 0.511. The second-order valence-corrected chi connectivity index (χ2v) is 7.20. The Kier molecular flexibility index (Phi) is 4.17. The summed E-state index contributed by atoms with van der Waals surface area (Å²) in [6.07, 6.45) is 8.38. The van der Waals surface area contributed by atoms with Gasteiger partial charge in [-0.15, -0.1) is 0 Å². The van der Waals surface area contributed by atoms with E-state index in [1.807, 2.05) is 35.9 Å². The molecule has 4 heterocycles. The van der Waals surface area contributed by atoms with Crippen LogP contribution in [0.25, 0.3) is 27.5 Å². The first-order valence-corrected chi connectivity index (χ1v) is 9.37. The zero-order chi connectivity index (χ0) is 20.8. The smallest absolute Gasteiger partial charge is 0.260 e. The molecule has 0 unspecified atom stereocenters. The quantitative estimate of drug-likeness (QED) is 0.451. The first-order chi connectivity index (χ1) is 14.5. The van der Waals surface area contributed by atoms with E-state index in [1.54, 1.807) is 12.3 Å². The standard InChI is InChI=1S/C23H16F2N4O/c1-14-5-6-21-27-15(13-29(21)11-14)12-28-8-7-16-18(9-26-10-19(16)23(28)30)17-3-2-4-20(24)22(17)25/h2-11,13H,12H2,1H3. The van der Waals surface area contributed by atoms with Gasteiger partial charge in [-0.25, -0.2) is 13.8 Å². The zero-order valence-electron chi connectivity index (χ0n) is 16.0. The molecular formula is C23H16F2N4O. The number of fused-ring (bicyclic) bond motifs is 2. The lowest BCUT2D eigenvalue weighted by Crippen LogP contribution is -2.20. The largest absolute Gasteiger partial charge is 0.309 e. The number of pyridine rings is 3. The summed E-state index contributed by atoms with van der Waals surface area (Å²) >= 11 is 0. The Labute approximate surface area is 169 Å². The average molecular weight is 402 g/mol. The van der Waals surface area contributed by atoms with Crippen LogP contribution in [0.3, 0.4) is 0 Å². The van der Waals surface area contributed by atoms with E-state index in [4.69, 9.17) is 0 Å². The van der Waals surface area contributed by atoms with Crippen molar-refractivity contribution >= 4 is 16.4 Å². The number of hydrogen-bond acceptors (Lipinski definition) is 3. The number of benzene rings is 1. The minimum atomic E-state index is -0.962.